The molecular weight excluding hydrogens is 344 g/mol. The molecule has 0 saturated carbocycles. The Kier molecular flexibility index (Phi) is 4.62. The molecule has 0 aromatic heterocycles. The summed E-state index contributed by atoms with van der Waals surface area (Å²) in [7, 11) is 0. The Balaban J connectivity index is 1.91. The van der Waals surface area contributed by atoms with Gasteiger partial charge in [-0.25, -0.2) is 4.39 Å². The van der Waals surface area contributed by atoms with Crippen molar-refractivity contribution in [2.75, 3.05) is 12.3 Å². The maximum Gasteiger partial charge on any atom is 0.258 e. The number of nitrogens with zero attached hydrogens (tertiary/aromatic N) is 1. The second-order valence-electron chi connectivity index (χ2n) is 4.88. The van der Waals surface area contributed by atoms with Crippen molar-refractivity contribution in [2.45, 2.75) is 5.37 Å². The summed E-state index contributed by atoms with van der Waals surface area (Å²) in [6.07, 6.45) is 0. The quantitative estimate of drug-likeness (QED) is 0.753. The molecule has 1 aliphatic rings. The lowest BCUT2D eigenvalue weighted by Gasteiger charge is -2.24. The first-order valence-electron chi connectivity index (χ1n) is 6.70. The summed E-state index contributed by atoms with van der Waals surface area (Å²) in [4.78, 5) is 14.3. The van der Waals surface area contributed by atoms with Gasteiger partial charge in [-0.1, -0.05) is 41.4 Å². The lowest BCUT2D eigenvalue weighted by Crippen LogP contribution is -2.31. The Hall–Kier alpha value is -1.23. The van der Waals surface area contributed by atoms with Crippen LogP contribution in [0.4, 0.5) is 4.39 Å². The largest absolute Gasteiger partial charge is 0.322 e. The van der Waals surface area contributed by atoms with E-state index in [0.717, 1.165) is 11.3 Å². The average molecular weight is 356 g/mol. The molecule has 22 heavy (non-hydrogen) atoms. The summed E-state index contributed by atoms with van der Waals surface area (Å²) >= 11 is 13.6. The topological polar surface area (TPSA) is 20.3 Å². The third kappa shape index (κ3) is 2.96. The fourth-order valence-corrected chi connectivity index (χ4v) is 3.96. The molecule has 2 aromatic carbocycles. The number of thioether (sulfide) groups is 1. The van der Waals surface area contributed by atoms with Crippen LogP contribution in [0.5, 0.6) is 0 Å². The van der Waals surface area contributed by atoms with E-state index in [0.29, 0.717) is 16.6 Å². The van der Waals surface area contributed by atoms with Crippen LogP contribution in [0, 0.1) is 5.82 Å². The SMILES string of the molecule is O=C(c1ccccc1F)N1CCS[C@@H]1c1ccc(Cl)c(Cl)c1. The molecule has 1 saturated heterocycles. The summed E-state index contributed by atoms with van der Waals surface area (Å²) in [5.74, 6) is -0.0121. The van der Waals surface area contributed by atoms with Gasteiger partial charge in [0.25, 0.3) is 5.91 Å². The summed E-state index contributed by atoms with van der Waals surface area (Å²) in [5.41, 5.74) is 0.983. The second kappa shape index (κ2) is 6.49. The highest BCUT2D eigenvalue weighted by atomic mass is 35.5. The predicted molar refractivity (Wildman–Crippen MR) is 89.1 cm³/mol. The molecule has 2 aromatic rings. The average Bonchev–Trinajstić information content (AvgIpc) is 2.99. The van der Waals surface area contributed by atoms with E-state index in [4.69, 9.17) is 23.2 Å². The molecule has 1 aliphatic heterocycles. The monoisotopic (exact) mass is 355 g/mol. The van der Waals surface area contributed by atoms with E-state index in [1.807, 2.05) is 6.07 Å². The number of carbonyl (C=O) groups is 1. The van der Waals surface area contributed by atoms with E-state index >= 15 is 0 Å². The highest BCUT2D eigenvalue weighted by Crippen LogP contribution is 2.40. The van der Waals surface area contributed by atoms with E-state index in [1.165, 1.54) is 12.1 Å². The highest BCUT2D eigenvalue weighted by molar-refractivity contribution is 7.99. The van der Waals surface area contributed by atoms with Crippen LogP contribution in [-0.2, 0) is 0 Å². The highest BCUT2D eigenvalue weighted by Gasteiger charge is 2.32. The summed E-state index contributed by atoms with van der Waals surface area (Å²) in [5, 5.41) is 0.743. The third-order valence-corrected chi connectivity index (χ3v) is 5.48. The van der Waals surface area contributed by atoms with Crippen molar-refractivity contribution in [3.63, 3.8) is 0 Å². The fourth-order valence-electron chi connectivity index (χ4n) is 2.41. The number of amides is 1. The number of halogens is 3. The lowest BCUT2D eigenvalue weighted by molar-refractivity contribution is 0.0755. The van der Waals surface area contributed by atoms with Gasteiger partial charge in [-0.05, 0) is 29.8 Å². The van der Waals surface area contributed by atoms with E-state index < -0.39 is 5.82 Å². The van der Waals surface area contributed by atoms with Gasteiger partial charge in [-0.3, -0.25) is 4.79 Å². The minimum absolute atomic E-state index is 0.0926. The zero-order chi connectivity index (χ0) is 15.7. The zero-order valence-electron chi connectivity index (χ0n) is 11.4. The number of benzene rings is 2. The van der Waals surface area contributed by atoms with Crippen LogP contribution in [0.15, 0.2) is 42.5 Å². The first-order valence-corrected chi connectivity index (χ1v) is 8.50. The zero-order valence-corrected chi connectivity index (χ0v) is 13.8. The molecule has 0 bridgehead atoms. The van der Waals surface area contributed by atoms with Crippen LogP contribution >= 0.6 is 35.0 Å². The molecule has 0 spiro atoms. The van der Waals surface area contributed by atoms with Crippen molar-refractivity contribution in [3.05, 3.63) is 69.5 Å². The van der Waals surface area contributed by atoms with Gasteiger partial charge in [0.15, 0.2) is 0 Å². The third-order valence-electron chi connectivity index (χ3n) is 3.48. The molecule has 1 fully saturated rings. The minimum atomic E-state index is -0.503. The molecule has 2 nitrogen and oxygen atoms in total. The van der Waals surface area contributed by atoms with Gasteiger partial charge in [-0.15, -0.1) is 11.8 Å². The molecule has 0 aliphatic carbocycles. The molecule has 6 heteroatoms. The van der Waals surface area contributed by atoms with E-state index in [9.17, 15) is 9.18 Å². The standard InChI is InChI=1S/C16H12Cl2FNOS/c17-12-6-5-10(9-13(12)18)16-20(7-8-22-16)15(21)11-3-1-2-4-14(11)19/h1-6,9,16H,7-8H2/t16-/m1/s1. The predicted octanol–water partition coefficient (Wildman–Crippen LogP) is 5.02. The molecule has 114 valence electrons. The molecule has 0 unspecified atom stereocenters. The summed E-state index contributed by atoms with van der Waals surface area (Å²) < 4.78 is 13.8. The molecule has 3 rings (SSSR count). The van der Waals surface area contributed by atoms with Crippen molar-refractivity contribution in [1.82, 2.24) is 4.90 Å². The van der Waals surface area contributed by atoms with Gasteiger partial charge in [-0.2, -0.15) is 0 Å². The van der Waals surface area contributed by atoms with Crippen LogP contribution in [-0.4, -0.2) is 23.1 Å². The maximum absolute atomic E-state index is 13.8. The van der Waals surface area contributed by atoms with Crippen molar-refractivity contribution >= 4 is 40.9 Å². The molecular formula is C16H12Cl2FNOS. The van der Waals surface area contributed by atoms with Gasteiger partial charge in [0.05, 0.1) is 15.6 Å². The van der Waals surface area contributed by atoms with Crippen molar-refractivity contribution in [3.8, 4) is 0 Å². The maximum atomic E-state index is 13.8. The summed E-state index contributed by atoms with van der Waals surface area (Å²) in [6, 6.07) is 11.4. The van der Waals surface area contributed by atoms with E-state index in [2.05, 4.69) is 0 Å². The van der Waals surface area contributed by atoms with Crippen LogP contribution in [0.2, 0.25) is 10.0 Å². The van der Waals surface area contributed by atoms with Gasteiger partial charge >= 0.3 is 0 Å². The van der Waals surface area contributed by atoms with Crippen LogP contribution in [0.25, 0.3) is 0 Å². The molecule has 0 N–H and O–H groups in total. The number of hydrogen-bond donors (Lipinski definition) is 0. The molecule has 1 heterocycles. The minimum Gasteiger partial charge on any atom is -0.322 e. The van der Waals surface area contributed by atoms with Gasteiger partial charge in [0.2, 0.25) is 0 Å². The first-order chi connectivity index (χ1) is 10.6. The van der Waals surface area contributed by atoms with Crippen LogP contribution < -0.4 is 0 Å². The van der Waals surface area contributed by atoms with Gasteiger partial charge < -0.3 is 4.90 Å². The first kappa shape index (κ1) is 15.7. The van der Waals surface area contributed by atoms with Crippen molar-refractivity contribution in [1.29, 1.82) is 0 Å². The fraction of sp³-hybridized carbons (Fsp3) is 0.188. The Morgan fingerprint density at radius 3 is 2.68 bits per heavy atom. The Labute approximate surface area is 142 Å². The van der Waals surface area contributed by atoms with E-state index in [-0.39, 0.29) is 16.8 Å². The van der Waals surface area contributed by atoms with E-state index in [1.54, 1.807) is 40.9 Å². The summed E-state index contributed by atoms with van der Waals surface area (Å²) in [6.45, 7) is 0.572. The smallest absolute Gasteiger partial charge is 0.258 e. The number of carbonyl (C=O) groups excluding carboxylic acids is 1. The van der Waals surface area contributed by atoms with Crippen molar-refractivity contribution < 1.29 is 9.18 Å². The Morgan fingerprint density at radius 1 is 1.18 bits per heavy atom. The van der Waals surface area contributed by atoms with Crippen LogP contribution in [0.3, 0.4) is 0 Å². The van der Waals surface area contributed by atoms with Gasteiger partial charge in [0, 0.05) is 12.3 Å². The Bertz CT molecular complexity index is 725. The molecule has 0 radical (unpaired) electrons. The number of rotatable bonds is 2. The van der Waals surface area contributed by atoms with Crippen LogP contribution in [0.1, 0.15) is 21.3 Å². The van der Waals surface area contributed by atoms with Gasteiger partial charge in [0.1, 0.15) is 11.2 Å². The lowest BCUT2D eigenvalue weighted by atomic mass is 10.1. The Morgan fingerprint density at radius 2 is 1.95 bits per heavy atom. The second-order valence-corrected chi connectivity index (χ2v) is 6.88. The normalized spacial score (nSPS) is 17.8. The number of hydrogen-bond acceptors (Lipinski definition) is 2. The van der Waals surface area contributed by atoms with Crippen molar-refractivity contribution in [2.24, 2.45) is 0 Å². The molecule has 1 amide bonds. The molecule has 1 atom stereocenters.